The molecule has 0 aliphatic heterocycles. The number of ether oxygens (including phenoxy) is 1. The monoisotopic (exact) mass is 325 g/mol. The molecule has 5 heteroatoms. The number of furan rings is 1. The summed E-state index contributed by atoms with van der Waals surface area (Å²) in [7, 11) is 1.61. The van der Waals surface area contributed by atoms with Crippen molar-refractivity contribution in [1.29, 1.82) is 0 Å². The molecule has 2 heterocycles. The summed E-state index contributed by atoms with van der Waals surface area (Å²) in [6.45, 7) is 0. The number of benzene rings is 2. The van der Waals surface area contributed by atoms with Crippen molar-refractivity contribution in [3.8, 4) is 17.0 Å². The van der Waals surface area contributed by atoms with Gasteiger partial charge in [0.2, 0.25) is 5.69 Å². The quantitative estimate of drug-likeness (QED) is 0.401. The van der Waals surface area contributed by atoms with E-state index in [2.05, 4.69) is 0 Å². The van der Waals surface area contributed by atoms with Crippen LogP contribution in [0, 0.1) is 5.21 Å². The van der Waals surface area contributed by atoms with Crippen LogP contribution >= 0.6 is 11.6 Å². The second-order valence-electron chi connectivity index (χ2n) is 5.20. The SMILES string of the molecule is COc1ccc2oc3cc[n+]([O-])c(-c4ccc(Cl)cc4)c3c2c1. The smallest absolute Gasteiger partial charge is 0.235 e. The Bertz CT molecular complexity index is 1020. The summed E-state index contributed by atoms with van der Waals surface area (Å²) in [6.07, 6.45) is 1.45. The van der Waals surface area contributed by atoms with Gasteiger partial charge in [-0.25, -0.2) is 0 Å². The molecule has 0 unspecified atom stereocenters. The van der Waals surface area contributed by atoms with E-state index >= 15 is 0 Å². The minimum Gasteiger partial charge on any atom is -0.618 e. The van der Waals surface area contributed by atoms with Crippen molar-refractivity contribution in [2.75, 3.05) is 7.11 Å². The van der Waals surface area contributed by atoms with Gasteiger partial charge in [0.05, 0.1) is 7.11 Å². The molecule has 114 valence electrons. The number of aromatic nitrogens is 1. The van der Waals surface area contributed by atoms with E-state index in [9.17, 15) is 5.21 Å². The summed E-state index contributed by atoms with van der Waals surface area (Å²) in [6, 6.07) is 14.4. The van der Waals surface area contributed by atoms with E-state index in [-0.39, 0.29) is 0 Å². The van der Waals surface area contributed by atoms with Crippen molar-refractivity contribution in [2.45, 2.75) is 0 Å². The minimum absolute atomic E-state index is 0.533. The van der Waals surface area contributed by atoms with E-state index in [1.54, 1.807) is 25.3 Å². The number of fused-ring (bicyclic) bond motifs is 3. The van der Waals surface area contributed by atoms with Gasteiger partial charge in [0.25, 0.3) is 0 Å². The molecule has 0 aliphatic rings. The average molecular weight is 326 g/mol. The maximum atomic E-state index is 12.4. The first-order chi connectivity index (χ1) is 11.2. The number of halogens is 1. The largest absolute Gasteiger partial charge is 0.618 e. The van der Waals surface area contributed by atoms with Crippen LogP contribution in [0.5, 0.6) is 5.75 Å². The third kappa shape index (κ3) is 2.19. The molecule has 2 aromatic heterocycles. The zero-order valence-electron chi connectivity index (χ0n) is 12.2. The lowest BCUT2D eigenvalue weighted by Gasteiger charge is -2.06. The van der Waals surface area contributed by atoms with E-state index in [1.807, 2.05) is 30.3 Å². The normalized spacial score (nSPS) is 11.2. The van der Waals surface area contributed by atoms with E-state index in [1.165, 1.54) is 6.20 Å². The first-order valence-electron chi connectivity index (χ1n) is 7.06. The Morgan fingerprint density at radius 2 is 1.83 bits per heavy atom. The van der Waals surface area contributed by atoms with Crippen molar-refractivity contribution in [3.05, 3.63) is 65.0 Å². The highest BCUT2D eigenvalue weighted by atomic mass is 35.5. The molecule has 0 bridgehead atoms. The topological polar surface area (TPSA) is 49.3 Å². The summed E-state index contributed by atoms with van der Waals surface area (Å²) < 4.78 is 12.0. The van der Waals surface area contributed by atoms with E-state index < -0.39 is 0 Å². The van der Waals surface area contributed by atoms with Crippen molar-refractivity contribution in [2.24, 2.45) is 0 Å². The highest BCUT2D eigenvalue weighted by molar-refractivity contribution is 6.30. The molecule has 0 spiro atoms. The van der Waals surface area contributed by atoms with Crippen LogP contribution in [0.25, 0.3) is 33.2 Å². The maximum Gasteiger partial charge on any atom is 0.235 e. The molecule has 23 heavy (non-hydrogen) atoms. The predicted molar refractivity (Wildman–Crippen MR) is 89.7 cm³/mol. The van der Waals surface area contributed by atoms with Crippen LogP contribution in [0.2, 0.25) is 5.02 Å². The molecular weight excluding hydrogens is 314 g/mol. The first-order valence-corrected chi connectivity index (χ1v) is 7.43. The van der Waals surface area contributed by atoms with E-state index in [0.717, 1.165) is 21.1 Å². The maximum absolute atomic E-state index is 12.4. The average Bonchev–Trinajstić information content (AvgIpc) is 2.93. The van der Waals surface area contributed by atoms with Crippen LogP contribution < -0.4 is 9.47 Å². The summed E-state index contributed by atoms with van der Waals surface area (Å²) in [5.41, 5.74) is 2.68. The van der Waals surface area contributed by atoms with Gasteiger partial charge < -0.3 is 14.4 Å². The van der Waals surface area contributed by atoms with Crippen LogP contribution in [0.3, 0.4) is 0 Å². The molecule has 2 aromatic carbocycles. The van der Waals surface area contributed by atoms with E-state index in [0.29, 0.717) is 27.6 Å². The lowest BCUT2D eigenvalue weighted by molar-refractivity contribution is -0.592. The Balaban J connectivity index is 2.12. The summed E-state index contributed by atoms with van der Waals surface area (Å²) in [4.78, 5) is 0. The second-order valence-corrected chi connectivity index (χ2v) is 5.64. The lowest BCUT2D eigenvalue weighted by atomic mass is 10.0. The molecule has 4 rings (SSSR count). The first kappa shape index (κ1) is 13.9. The van der Waals surface area contributed by atoms with Crippen LogP contribution in [-0.4, -0.2) is 7.11 Å². The Kier molecular flexibility index (Phi) is 3.13. The van der Waals surface area contributed by atoms with Crippen LogP contribution in [0.4, 0.5) is 0 Å². The number of rotatable bonds is 2. The van der Waals surface area contributed by atoms with Gasteiger partial charge in [0, 0.05) is 22.0 Å². The van der Waals surface area contributed by atoms with Crippen molar-refractivity contribution in [3.63, 3.8) is 0 Å². The Labute approximate surface area is 137 Å². The molecule has 0 radical (unpaired) electrons. The predicted octanol–water partition coefficient (Wildman–Crippen LogP) is 4.55. The standard InChI is InChI=1S/C18H12ClNO3/c1-22-13-6-7-15-14(10-13)17-16(23-15)8-9-20(21)18(17)11-2-4-12(19)5-3-11/h2-10H,1H3. The fourth-order valence-corrected chi connectivity index (χ4v) is 2.91. The van der Waals surface area contributed by atoms with Crippen LogP contribution in [0.15, 0.2) is 59.1 Å². The molecule has 0 saturated carbocycles. The van der Waals surface area contributed by atoms with Crippen molar-refractivity contribution < 1.29 is 13.9 Å². The Morgan fingerprint density at radius 1 is 1.04 bits per heavy atom. The molecule has 4 nitrogen and oxygen atoms in total. The number of methoxy groups -OCH3 is 1. The van der Waals surface area contributed by atoms with E-state index in [4.69, 9.17) is 20.8 Å². The molecule has 0 fully saturated rings. The molecule has 0 amide bonds. The summed E-state index contributed by atoms with van der Waals surface area (Å²) >= 11 is 5.95. The summed E-state index contributed by atoms with van der Waals surface area (Å²) in [5, 5.41) is 14.7. The zero-order chi connectivity index (χ0) is 16.0. The molecule has 0 atom stereocenters. The minimum atomic E-state index is 0.533. The third-order valence-electron chi connectivity index (χ3n) is 3.86. The third-order valence-corrected chi connectivity index (χ3v) is 4.11. The van der Waals surface area contributed by atoms with Gasteiger partial charge in [0.1, 0.15) is 22.3 Å². The van der Waals surface area contributed by atoms with Crippen molar-refractivity contribution in [1.82, 2.24) is 0 Å². The molecule has 0 saturated heterocycles. The fourth-order valence-electron chi connectivity index (χ4n) is 2.78. The Hall–Kier alpha value is -2.72. The van der Waals surface area contributed by atoms with Gasteiger partial charge in [-0.2, -0.15) is 4.73 Å². The van der Waals surface area contributed by atoms with Gasteiger partial charge in [-0.3, -0.25) is 0 Å². The van der Waals surface area contributed by atoms with Gasteiger partial charge >= 0.3 is 0 Å². The summed E-state index contributed by atoms with van der Waals surface area (Å²) in [5.74, 6) is 0.712. The number of hydrogen-bond acceptors (Lipinski definition) is 3. The number of nitrogens with zero attached hydrogens (tertiary/aromatic N) is 1. The second kappa shape index (κ2) is 5.18. The Morgan fingerprint density at radius 3 is 2.57 bits per heavy atom. The van der Waals surface area contributed by atoms with Crippen LogP contribution in [-0.2, 0) is 0 Å². The molecular formula is C18H12ClNO3. The van der Waals surface area contributed by atoms with Gasteiger partial charge in [-0.1, -0.05) is 11.6 Å². The van der Waals surface area contributed by atoms with Gasteiger partial charge in [-0.05, 0) is 42.5 Å². The molecule has 0 aliphatic carbocycles. The lowest BCUT2D eigenvalue weighted by Crippen LogP contribution is -2.28. The number of pyridine rings is 1. The molecule has 4 aromatic rings. The number of hydrogen-bond donors (Lipinski definition) is 0. The zero-order valence-corrected chi connectivity index (χ0v) is 13.0. The fraction of sp³-hybridized carbons (Fsp3) is 0.0556. The molecule has 0 N–H and O–H groups in total. The van der Waals surface area contributed by atoms with Gasteiger partial charge in [-0.15, -0.1) is 0 Å². The highest BCUT2D eigenvalue weighted by Crippen LogP contribution is 2.36. The highest BCUT2D eigenvalue weighted by Gasteiger charge is 2.20. The van der Waals surface area contributed by atoms with Gasteiger partial charge in [0.15, 0.2) is 6.20 Å². The van der Waals surface area contributed by atoms with Crippen molar-refractivity contribution >= 4 is 33.5 Å². The van der Waals surface area contributed by atoms with Crippen LogP contribution in [0.1, 0.15) is 0 Å².